The van der Waals surface area contributed by atoms with Gasteiger partial charge < -0.3 is 0 Å². The molecule has 0 bridgehead atoms. The van der Waals surface area contributed by atoms with Crippen LogP contribution in [-0.2, 0) is 0 Å². The molecule has 0 aromatic rings. The highest BCUT2D eigenvalue weighted by atomic mass is 14.7. The van der Waals surface area contributed by atoms with E-state index in [9.17, 15) is 0 Å². The van der Waals surface area contributed by atoms with E-state index < -0.39 is 0 Å². The summed E-state index contributed by atoms with van der Waals surface area (Å²) >= 11 is 0. The highest BCUT2D eigenvalue weighted by Gasteiger charge is 1.89. The maximum atomic E-state index is 4.11. The van der Waals surface area contributed by atoms with Crippen LogP contribution in [0.3, 0.4) is 0 Å². The van der Waals surface area contributed by atoms with Gasteiger partial charge in [0, 0.05) is 12.4 Å². The van der Waals surface area contributed by atoms with Gasteiger partial charge >= 0.3 is 0 Å². The number of aliphatic imine (C=N–C) groups is 1. The minimum absolute atomic E-state index is 1.11. The van der Waals surface area contributed by atoms with E-state index in [1.165, 1.54) is 12.0 Å². The highest BCUT2D eigenvalue weighted by molar-refractivity contribution is 5.79. The van der Waals surface area contributed by atoms with Crippen LogP contribution in [0.1, 0.15) is 19.8 Å². The fourth-order valence-electron chi connectivity index (χ4n) is 0.961. The van der Waals surface area contributed by atoms with Gasteiger partial charge in [-0.05, 0) is 18.1 Å². The maximum Gasteiger partial charge on any atom is 0.0299 e. The van der Waals surface area contributed by atoms with Crippen molar-refractivity contribution in [2.24, 2.45) is 4.99 Å². The van der Waals surface area contributed by atoms with E-state index in [4.69, 9.17) is 0 Å². The third-order valence-corrected chi connectivity index (χ3v) is 1.48. The zero-order chi connectivity index (χ0) is 7.94. The van der Waals surface area contributed by atoms with Gasteiger partial charge in [0.25, 0.3) is 0 Å². The normalized spacial score (nSPS) is 21.7. The third-order valence-electron chi connectivity index (χ3n) is 1.48. The van der Waals surface area contributed by atoms with Gasteiger partial charge in [-0.25, -0.2) is 0 Å². The molecule has 0 aliphatic carbocycles. The first-order valence-corrected chi connectivity index (χ1v) is 3.99. The molecule has 0 unspecified atom stereocenters. The molecule has 0 saturated heterocycles. The van der Waals surface area contributed by atoms with Crippen molar-refractivity contribution in [1.29, 1.82) is 0 Å². The van der Waals surface area contributed by atoms with Crippen LogP contribution in [0.15, 0.2) is 41.1 Å². The number of hydrogen-bond acceptors (Lipinski definition) is 1. The average molecular weight is 147 g/mol. The quantitative estimate of drug-likeness (QED) is 0.569. The maximum absolute atomic E-state index is 4.11. The average Bonchev–Trinajstić information content (AvgIpc) is 1.94. The molecule has 11 heavy (non-hydrogen) atoms. The summed E-state index contributed by atoms with van der Waals surface area (Å²) in [6.45, 7) is 2.17. The van der Waals surface area contributed by atoms with E-state index in [0.717, 1.165) is 6.42 Å². The number of rotatable bonds is 2. The van der Waals surface area contributed by atoms with Gasteiger partial charge in [0.15, 0.2) is 0 Å². The molecule has 1 aliphatic rings. The van der Waals surface area contributed by atoms with E-state index >= 15 is 0 Å². The second-order valence-electron chi connectivity index (χ2n) is 2.50. The zero-order valence-corrected chi connectivity index (χ0v) is 6.83. The van der Waals surface area contributed by atoms with Crippen LogP contribution in [0.2, 0.25) is 0 Å². The van der Waals surface area contributed by atoms with E-state index in [1.54, 1.807) is 6.20 Å². The first-order valence-electron chi connectivity index (χ1n) is 3.99. The zero-order valence-electron chi connectivity index (χ0n) is 6.83. The lowest BCUT2D eigenvalue weighted by Gasteiger charge is -1.96. The molecular formula is C10H13N. The standard InChI is InChI=1S/C10H13N/c1-2-6-10-7-4-3-5-8-11-9-10/h3-5,7-9H,2,6H2,1H3/b4-3-,5-3?,7-4?,8-5-,10-7?,10-9?,11-8?,11-9?. The molecule has 0 saturated carbocycles. The second-order valence-corrected chi connectivity index (χ2v) is 2.50. The van der Waals surface area contributed by atoms with Gasteiger partial charge in [-0.15, -0.1) is 0 Å². The summed E-state index contributed by atoms with van der Waals surface area (Å²) in [5.74, 6) is 0. The lowest BCUT2D eigenvalue weighted by molar-refractivity contribution is 0.939. The van der Waals surface area contributed by atoms with Gasteiger partial charge in [-0.1, -0.05) is 31.6 Å². The van der Waals surface area contributed by atoms with Gasteiger partial charge in [-0.2, -0.15) is 0 Å². The van der Waals surface area contributed by atoms with Crippen LogP contribution < -0.4 is 0 Å². The van der Waals surface area contributed by atoms with Crippen molar-refractivity contribution < 1.29 is 0 Å². The monoisotopic (exact) mass is 147 g/mol. The summed E-state index contributed by atoms with van der Waals surface area (Å²) in [5.41, 5.74) is 1.30. The van der Waals surface area contributed by atoms with Gasteiger partial charge in [-0.3, -0.25) is 4.99 Å². The minimum atomic E-state index is 1.11. The predicted molar refractivity (Wildman–Crippen MR) is 49.8 cm³/mol. The van der Waals surface area contributed by atoms with Gasteiger partial charge in [0.05, 0.1) is 0 Å². The van der Waals surface area contributed by atoms with Crippen molar-refractivity contribution in [3.63, 3.8) is 0 Å². The Hall–Kier alpha value is -1.11. The van der Waals surface area contributed by atoms with Gasteiger partial charge in [0.2, 0.25) is 0 Å². The van der Waals surface area contributed by atoms with E-state index in [-0.39, 0.29) is 0 Å². The summed E-state index contributed by atoms with van der Waals surface area (Å²) in [6, 6.07) is 0. The van der Waals surface area contributed by atoms with Crippen molar-refractivity contribution >= 4 is 6.21 Å². The number of allylic oxidation sites excluding steroid dienone is 5. The molecule has 1 heterocycles. The Morgan fingerprint density at radius 1 is 1.27 bits per heavy atom. The van der Waals surface area contributed by atoms with Crippen molar-refractivity contribution in [1.82, 2.24) is 0 Å². The largest absolute Gasteiger partial charge is 0.264 e. The summed E-state index contributed by atoms with van der Waals surface area (Å²) in [4.78, 5) is 4.11. The van der Waals surface area contributed by atoms with Crippen LogP contribution in [0, 0.1) is 0 Å². The Kier molecular flexibility index (Phi) is 3.39. The lowest BCUT2D eigenvalue weighted by Crippen LogP contribution is -1.83. The first-order chi connectivity index (χ1) is 5.43. The summed E-state index contributed by atoms with van der Waals surface area (Å²) < 4.78 is 0. The molecule has 1 aliphatic heterocycles. The Labute approximate surface area is 67.8 Å². The Morgan fingerprint density at radius 3 is 3.00 bits per heavy atom. The molecule has 0 N–H and O–H groups in total. The fraction of sp³-hybridized carbons (Fsp3) is 0.300. The second kappa shape index (κ2) is 4.67. The van der Waals surface area contributed by atoms with Crippen LogP contribution in [0.4, 0.5) is 0 Å². The molecule has 0 radical (unpaired) electrons. The molecule has 0 fully saturated rings. The van der Waals surface area contributed by atoms with Crippen molar-refractivity contribution in [2.45, 2.75) is 19.8 Å². The summed E-state index contributed by atoms with van der Waals surface area (Å²) in [7, 11) is 0. The van der Waals surface area contributed by atoms with E-state index in [0.29, 0.717) is 0 Å². The van der Waals surface area contributed by atoms with Crippen LogP contribution in [-0.4, -0.2) is 6.21 Å². The molecule has 1 nitrogen and oxygen atoms in total. The first kappa shape index (κ1) is 7.99. The van der Waals surface area contributed by atoms with Crippen LogP contribution >= 0.6 is 0 Å². The Morgan fingerprint density at radius 2 is 2.18 bits per heavy atom. The lowest BCUT2D eigenvalue weighted by atomic mass is 10.1. The molecule has 0 spiro atoms. The predicted octanol–water partition coefficient (Wildman–Crippen LogP) is 2.87. The van der Waals surface area contributed by atoms with Crippen molar-refractivity contribution in [3.8, 4) is 0 Å². The van der Waals surface area contributed by atoms with E-state index in [1.807, 2.05) is 24.4 Å². The van der Waals surface area contributed by atoms with Gasteiger partial charge in [0.1, 0.15) is 0 Å². The molecule has 58 valence electrons. The Bertz CT molecular complexity index is 219. The molecule has 0 amide bonds. The third kappa shape index (κ3) is 2.99. The topological polar surface area (TPSA) is 12.4 Å². The molecule has 1 rings (SSSR count). The van der Waals surface area contributed by atoms with Crippen molar-refractivity contribution in [2.75, 3.05) is 0 Å². The SMILES string of the molecule is CCCC1=C/C=C\C=C/N=C1. The van der Waals surface area contributed by atoms with Crippen LogP contribution in [0.5, 0.6) is 0 Å². The molecule has 1 heteroatoms. The summed E-state index contributed by atoms with van der Waals surface area (Å²) in [6.07, 6.45) is 14.1. The number of hydrogen-bond donors (Lipinski definition) is 0. The summed E-state index contributed by atoms with van der Waals surface area (Å²) in [5, 5.41) is 0. The van der Waals surface area contributed by atoms with E-state index in [2.05, 4.69) is 18.0 Å². The molecule has 0 aromatic carbocycles. The minimum Gasteiger partial charge on any atom is -0.264 e. The fourth-order valence-corrected chi connectivity index (χ4v) is 0.961. The van der Waals surface area contributed by atoms with Crippen LogP contribution in [0.25, 0.3) is 0 Å². The molecule has 0 aromatic heterocycles. The Balaban J connectivity index is 2.62. The number of nitrogens with zero attached hydrogens (tertiary/aromatic N) is 1. The van der Waals surface area contributed by atoms with Crippen molar-refractivity contribution in [3.05, 3.63) is 36.1 Å². The molecule has 0 atom stereocenters. The molecular weight excluding hydrogens is 134 g/mol. The highest BCUT2D eigenvalue weighted by Crippen LogP contribution is 2.03. The smallest absolute Gasteiger partial charge is 0.0299 e.